The Labute approximate surface area is 186 Å². The summed E-state index contributed by atoms with van der Waals surface area (Å²) < 4.78 is 20.2. The Hall–Kier alpha value is -2.56. The minimum Gasteiger partial charge on any atom is -0.481 e. The smallest absolute Gasteiger partial charge is 0.328 e. The van der Waals surface area contributed by atoms with Crippen molar-refractivity contribution in [2.24, 2.45) is 5.92 Å². The zero-order valence-corrected chi connectivity index (χ0v) is 19.6. The molecule has 0 radical (unpaired) electrons. The maximum atomic E-state index is 13.0. The van der Waals surface area contributed by atoms with E-state index in [0.717, 1.165) is 11.8 Å². The van der Waals surface area contributed by atoms with Crippen LogP contribution in [0.15, 0.2) is 11.2 Å². The average molecular weight is 458 g/mol. The van der Waals surface area contributed by atoms with Crippen molar-refractivity contribution in [2.75, 3.05) is 27.4 Å². The number of carbonyl (C=O) groups excluding carboxylic acids is 3. The van der Waals surface area contributed by atoms with E-state index < -0.39 is 29.1 Å². The predicted octanol–water partition coefficient (Wildman–Crippen LogP) is 2.00. The Morgan fingerprint density at radius 3 is 2.10 bits per heavy atom. The van der Waals surface area contributed by atoms with Gasteiger partial charge < -0.3 is 24.3 Å². The summed E-state index contributed by atoms with van der Waals surface area (Å²) in [5.41, 5.74) is 0. The molecule has 0 saturated heterocycles. The third kappa shape index (κ3) is 8.99. The van der Waals surface area contributed by atoms with Crippen molar-refractivity contribution in [1.29, 1.82) is 0 Å². The van der Waals surface area contributed by atoms with Crippen LogP contribution in [0.2, 0.25) is 0 Å². The number of ether oxygens (including phenoxy) is 4. The summed E-state index contributed by atoms with van der Waals surface area (Å²) >= 11 is 1.13. The second kappa shape index (κ2) is 13.7. The minimum absolute atomic E-state index is 0.0206. The highest BCUT2D eigenvalue weighted by Crippen LogP contribution is 2.29. The van der Waals surface area contributed by atoms with Crippen LogP contribution in [0.1, 0.15) is 40.5 Å². The number of aromatic nitrogens is 2. The third-order valence-electron chi connectivity index (χ3n) is 4.00. The molecule has 1 N–H and O–H groups in total. The molecule has 10 nitrogen and oxygen atoms in total. The Morgan fingerprint density at radius 2 is 1.61 bits per heavy atom. The molecule has 0 aliphatic heterocycles. The van der Waals surface area contributed by atoms with Crippen LogP contribution in [0.5, 0.6) is 11.8 Å². The van der Waals surface area contributed by atoms with E-state index in [1.807, 2.05) is 13.8 Å². The molecule has 11 heteroatoms. The second-order valence-corrected chi connectivity index (χ2v) is 7.78. The molecule has 1 aromatic rings. The molecule has 0 bridgehead atoms. The first-order chi connectivity index (χ1) is 14.7. The summed E-state index contributed by atoms with van der Waals surface area (Å²) in [4.78, 5) is 45.5. The largest absolute Gasteiger partial charge is 0.481 e. The molecule has 0 spiro atoms. The van der Waals surface area contributed by atoms with Crippen molar-refractivity contribution in [1.82, 2.24) is 15.3 Å². The number of nitrogens with one attached hydrogen (secondary N) is 1. The maximum Gasteiger partial charge on any atom is 0.328 e. The van der Waals surface area contributed by atoms with Gasteiger partial charge in [-0.2, -0.15) is 9.97 Å². The molecule has 174 valence electrons. The monoisotopic (exact) mass is 457 g/mol. The number of esters is 2. The summed E-state index contributed by atoms with van der Waals surface area (Å²) in [6, 6.07) is 0.556. The van der Waals surface area contributed by atoms with Crippen LogP contribution < -0.4 is 14.8 Å². The van der Waals surface area contributed by atoms with Crippen LogP contribution >= 0.6 is 11.8 Å². The highest BCUT2D eigenvalue weighted by Gasteiger charge is 2.30. The lowest BCUT2D eigenvalue weighted by Crippen LogP contribution is -2.47. The number of rotatable bonds is 13. The van der Waals surface area contributed by atoms with E-state index in [1.165, 1.54) is 20.3 Å². The number of methoxy groups -OCH3 is 2. The van der Waals surface area contributed by atoms with Crippen molar-refractivity contribution < 1.29 is 33.3 Å². The van der Waals surface area contributed by atoms with Crippen LogP contribution in [0.3, 0.4) is 0 Å². The highest BCUT2D eigenvalue weighted by atomic mass is 32.2. The second-order valence-electron chi connectivity index (χ2n) is 6.67. The van der Waals surface area contributed by atoms with Gasteiger partial charge in [-0.25, -0.2) is 4.79 Å². The Kier molecular flexibility index (Phi) is 11.7. The van der Waals surface area contributed by atoms with E-state index >= 15 is 0 Å². The summed E-state index contributed by atoms with van der Waals surface area (Å²) in [7, 11) is 2.94. The fourth-order valence-electron chi connectivity index (χ4n) is 2.49. The van der Waals surface area contributed by atoms with E-state index in [4.69, 9.17) is 18.9 Å². The van der Waals surface area contributed by atoms with Crippen molar-refractivity contribution >= 4 is 29.6 Å². The Balaban J connectivity index is 2.98. The molecule has 0 aliphatic rings. The molecule has 2 unspecified atom stereocenters. The van der Waals surface area contributed by atoms with E-state index in [2.05, 4.69) is 15.3 Å². The van der Waals surface area contributed by atoms with Gasteiger partial charge in [-0.3, -0.25) is 9.59 Å². The molecule has 2 atom stereocenters. The average Bonchev–Trinajstić information content (AvgIpc) is 2.74. The summed E-state index contributed by atoms with van der Waals surface area (Å²) in [5, 5.41) is 2.38. The minimum atomic E-state index is -0.973. The van der Waals surface area contributed by atoms with Crippen LogP contribution in [0.4, 0.5) is 0 Å². The van der Waals surface area contributed by atoms with Gasteiger partial charge in [-0.15, -0.1) is 0 Å². The van der Waals surface area contributed by atoms with Gasteiger partial charge in [-0.05, 0) is 26.2 Å². The third-order valence-corrected chi connectivity index (χ3v) is 5.41. The van der Waals surface area contributed by atoms with Crippen LogP contribution in [-0.2, 0) is 23.9 Å². The first-order valence-electron chi connectivity index (χ1n) is 10.0. The lowest BCUT2D eigenvalue weighted by Gasteiger charge is -2.23. The summed E-state index contributed by atoms with van der Waals surface area (Å²) in [5.74, 6) is -0.956. The van der Waals surface area contributed by atoms with E-state index in [0.29, 0.717) is 16.9 Å². The molecule has 0 fully saturated rings. The van der Waals surface area contributed by atoms with Gasteiger partial charge in [0, 0.05) is 6.42 Å². The molecule has 1 rings (SSSR count). The van der Waals surface area contributed by atoms with Crippen molar-refractivity contribution in [3.63, 3.8) is 0 Å². The molecule has 31 heavy (non-hydrogen) atoms. The zero-order valence-electron chi connectivity index (χ0n) is 18.8. The molecule has 0 aliphatic carbocycles. The summed E-state index contributed by atoms with van der Waals surface area (Å²) in [6.07, 6.45) is 0.0512. The van der Waals surface area contributed by atoms with Crippen LogP contribution in [0.25, 0.3) is 0 Å². The number of amides is 1. The van der Waals surface area contributed by atoms with Gasteiger partial charge in [0.2, 0.25) is 17.7 Å². The lowest BCUT2D eigenvalue weighted by molar-refractivity contribution is -0.148. The summed E-state index contributed by atoms with van der Waals surface area (Å²) in [6.45, 7) is 7.50. The van der Waals surface area contributed by atoms with Crippen molar-refractivity contribution in [2.45, 2.75) is 57.0 Å². The fraction of sp³-hybridized carbons (Fsp3) is 0.650. The van der Waals surface area contributed by atoms with Crippen LogP contribution in [-0.4, -0.2) is 66.5 Å². The number of carbonyl (C=O) groups is 3. The molecular formula is C20H31N3O7S. The SMILES string of the molecule is CCOC(=O)CCC(NC(=O)C(Sc1nc(OC)cc(OC)n1)C(C)C)C(=O)OCC. The topological polar surface area (TPSA) is 126 Å². The first-order valence-corrected chi connectivity index (χ1v) is 10.9. The van der Waals surface area contributed by atoms with E-state index in [1.54, 1.807) is 13.8 Å². The number of hydrogen-bond acceptors (Lipinski definition) is 10. The predicted molar refractivity (Wildman–Crippen MR) is 114 cm³/mol. The van der Waals surface area contributed by atoms with Crippen LogP contribution in [0, 0.1) is 5.92 Å². The number of thioether (sulfide) groups is 1. The fourth-order valence-corrected chi connectivity index (χ4v) is 3.45. The van der Waals surface area contributed by atoms with Gasteiger partial charge in [0.15, 0.2) is 5.16 Å². The number of hydrogen-bond donors (Lipinski definition) is 1. The van der Waals surface area contributed by atoms with Gasteiger partial charge in [0.25, 0.3) is 0 Å². The first kappa shape index (κ1) is 26.5. The molecule has 0 aromatic carbocycles. The lowest BCUT2D eigenvalue weighted by atomic mass is 10.1. The Morgan fingerprint density at radius 1 is 1.03 bits per heavy atom. The standard InChI is InChI=1S/C20H31N3O7S/c1-7-29-16(24)10-9-13(19(26)30-8-2)21-18(25)17(12(3)4)31-20-22-14(27-5)11-15(23-20)28-6/h11-13,17H,7-10H2,1-6H3,(H,21,25). The van der Waals surface area contributed by atoms with Gasteiger partial charge in [0.1, 0.15) is 6.04 Å². The van der Waals surface area contributed by atoms with E-state index in [9.17, 15) is 14.4 Å². The normalized spacial score (nSPS) is 12.6. The molecule has 1 amide bonds. The number of nitrogens with zero attached hydrogens (tertiary/aromatic N) is 2. The van der Waals surface area contributed by atoms with Gasteiger partial charge in [0.05, 0.1) is 38.7 Å². The van der Waals surface area contributed by atoms with Gasteiger partial charge >= 0.3 is 11.9 Å². The van der Waals surface area contributed by atoms with E-state index in [-0.39, 0.29) is 32.0 Å². The zero-order chi connectivity index (χ0) is 23.4. The van der Waals surface area contributed by atoms with Gasteiger partial charge in [-0.1, -0.05) is 25.6 Å². The molecule has 0 saturated carbocycles. The van der Waals surface area contributed by atoms with Crippen molar-refractivity contribution in [3.05, 3.63) is 6.07 Å². The Bertz CT molecular complexity index is 723. The maximum absolute atomic E-state index is 13.0. The molecular weight excluding hydrogens is 426 g/mol. The highest BCUT2D eigenvalue weighted by molar-refractivity contribution is 8.00. The molecule has 1 heterocycles. The molecule has 1 aromatic heterocycles. The quantitative estimate of drug-likeness (QED) is 0.267. The van der Waals surface area contributed by atoms with Crippen molar-refractivity contribution in [3.8, 4) is 11.8 Å².